The number of aryl methyl sites for hydroxylation is 2. The Labute approximate surface area is 235 Å². The van der Waals surface area contributed by atoms with Crippen molar-refractivity contribution in [2.75, 3.05) is 38.5 Å². The van der Waals surface area contributed by atoms with Crippen molar-refractivity contribution in [1.82, 2.24) is 20.2 Å². The van der Waals surface area contributed by atoms with Crippen molar-refractivity contribution in [3.63, 3.8) is 0 Å². The van der Waals surface area contributed by atoms with Crippen molar-refractivity contribution >= 4 is 21.9 Å². The third-order valence-electron chi connectivity index (χ3n) is 7.79. The zero-order valence-corrected chi connectivity index (χ0v) is 24.0. The molecule has 0 spiro atoms. The Morgan fingerprint density at radius 1 is 1.07 bits per heavy atom. The molecule has 2 aliphatic heterocycles. The van der Waals surface area contributed by atoms with Crippen molar-refractivity contribution in [3.05, 3.63) is 65.2 Å². The summed E-state index contributed by atoms with van der Waals surface area (Å²) in [6, 6.07) is 13.7. The lowest BCUT2D eigenvalue weighted by molar-refractivity contribution is 0.00518. The highest BCUT2D eigenvalue weighted by molar-refractivity contribution is 7.92. The van der Waals surface area contributed by atoms with Crippen LogP contribution in [-0.4, -0.2) is 75.2 Å². The van der Waals surface area contributed by atoms with E-state index in [4.69, 9.17) is 9.47 Å². The van der Waals surface area contributed by atoms with Gasteiger partial charge in [-0.15, -0.1) is 0 Å². The third-order valence-corrected chi connectivity index (χ3v) is 9.11. The number of rotatable bonds is 7. The number of methoxy groups -OCH3 is 1. The molecule has 2 saturated heterocycles. The zero-order chi connectivity index (χ0) is 28.4. The first-order valence-electron chi connectivity index (χ1n) is 13.4. The number of piperidine rings is 2. The van der Waals surface area contributed by atoms with E-state index in [1.54, 1.807) is 6.07 Å². The van der Waals surface area contributed by atoms with Crippen molar-refractivity contribution < 1.29 is 22.7 Å². The summed E-state index contributed by atoms with van der Waals surface area (Å²) in [6.07, 6.45) is 2.04. The van der Waals surface area contributed by atoms with Gasteiger partial charge in [-0.3, -0.25) is 0 Å². The average molecular weight is 566 g/mol. The lowest BCUT2D eigenvalue weighted by atomic mass is 9.82. The number of ether oxygens (including phenoxy) is 2. The number of carbonyl (C=O) groups excluding carboxylic acids is 1. The Morgan fingerprint density at radius 2 is 1.82 bits per heavy atom. The number of carbonyl (C=O) groups is 1. The SMILES string of the molecule is COC(=O)c1cccc(S(=O)(=O)Nc2nc(OC3CNCC4C3CCCN4C)cc(-c3c(C)cccc3C)n2)c1. The Kier molecular flexibility index (Phi) is 8.07. The molecule has 2 fully saturated rings. The monoisotopic (exact) mass is 565 g/mol. The van der Waals surface area contributed by atoms with E-state index in [0.29, 0.717) is 30.1 Å². The molecule has 10 nitrogen and oxygen atoms in total. The molecule has 0 amide bonds. The van der Waals surface area contributed by atoms with Crippen LogP contribution in [0.25, 0.3) is 11.3 Å². The van der Waals surface area contributed by atoms with E-state index in [-0.39, 0.29) is 22.5 Å². The van der Waals surface area contributed by atoms with Crippen molar-refractivity contribution in [3.8, 4) is 17.1 Å². The molecule has 0 saturated carbocycles. The minimum atomic E-state index is -4.13. The summed E-state index contributed by atoms with van der Waals surface area (Å²) < 4.78 is 40.5. The molecule has 11 heteroatoms. The number of fused-ring (bicyclic) bond motifs is 1. The first-order chi connectivity index (χ1) is 19.2. The van der Waals surface area contributed by atoms with Crippen LogP contribution in [0.4, 0.5) is 5.95 Å². The molecule has 0 bridgehead atoms. The highest BCUT2D eigenvalue weighted by Crippen LogP contribution is 2.33. The molecule has 3 atom stereocenters. The van der Waals surface area contributed by atoms with Crippen molar-refractivity contribution in [1.29, 1.82) is 0 Å². The average Bonchev–Trinajstić information content (AvgIpc) is 2.93. The highest BCUT2D eigenvalue weighted by Gasteiger charge is 2.39. The molecular weight excluding hydrogens is 530 g/mol. The molecule has 212 valence electrons. The molecule has 3 unspecified atom stereocenters. The Balaban J connectivity index is 1.52. The molecule has 2 N–H and O–H groups in total. The van der Waals surface area contributed by atoms with Crippen molar-refractivity contribution in [2.24, 2.45) is 5.92 Å². The normalized spacial score (nSPS) is 21.4. The van der Waals surface area contributed by atoms with E-state index in [9.17, 15) is 13.2 Å². The summed E-state index contributed by atoms with van der Waals surface area (Å²) in [5, 5.41) is 3.48. The predicted molar refractivity (Wildman–Crippen MR) is 152 cm³/mol. The van der Waals surface area contributed by atoms with E-state index in [2.05, 4.69) is 32.0 Å². The molecule has 0 aliphatic carbocycles. The number of hydrogen-bond acceptors (Lipinski definition) is 9. The third kappa shape index (κ3) is 5.81. The number of likely N-dealkylation sites (tertiary alicyclic amines) is 1. The minimum Gasteiger partial charge on any atom is -0.472 e. The van der Waals surface area contributed by atoms with Crippen molar-refractivity contribution in [2.45, 2.75) is 43.7 Å². The number of benzene rings is 2. The Hall–Kier alpha value is -3.54. The number of aromatic nitrogens is 2. The predicted octanol–water partition coefficient (Wildman–Crippen LogP) is 3.41. The fourth-order valence-electron chi connectivity index (χ4n) is 5.78. The van der Waals surface area contributed by atoms with Crippen LogP contribution < -0.4 is 14.8 Å². The summed E-state index contributed by atoms with van der Waals surface area (Å²) in [7, 11) is -0.743. The molecule has 0 radical (unpaired) electrons. The molecule has 5 rings (SSSR count). The second-order valence-corrected chi connectivity index (χ2v) is 12.2. The van der Waals surface area contributed by atoms with Crippen LogP contribution in [0.3, 0.4) is 0 Å². The lowest BCUT2D eigenvalue weighted by Crippen LogP contribution is -2.60. The van der Waals surface area contributed by atoms with Gasteiger partial charge in [0, 0.05) is 36.7 Å². The first kappa shape index (κ1) is 28.0. The Morgan fingerprint density at radius 3 is 2.58 bits per heavy atom. The van der Waals surface area contributed by atoms with E-state index >= 15 is 0 Å². The van der Waals surface area contributed by atoms with E-state index in [1.807, 2.05) is 32.0 Å². The summed E-state index contributed by atoms with van der Waals surface area (Å²) in [5.74, 6) is -0.109. The van der Waals surface area contributed by atoms with Gasteiger partial charge in [0.15, 0.2) is 0 Å². The van der Waals surface area contributed by atoms with Gasteiger partial charge in [0.2, 0.25) is 11.8 Å². The van der Waals surface area contributed by atoms with Gasteiger partial charge in [0.05, 0.1) is 23.3 Å². The maximum atomic E-state index is 13.4. The quantitative estimate of drug-likeness (QED) is 0.415. The number of hydrogen-bond donors (Lipinski definition) is 2. The van der Waals surface area contributed by atoms with Crippen LogP contribution in [0.15, 0.2) is 53.4 Å². The topological polar surface area (TPSA) is 123 Å². The maximum absolute atomic E-state index is 13.4. The largest absolute Gasteiger partial charge is 0.472 e. The van der Waals surface area contributed by atoms with E-state index < -0.39 is 16.0 Å². The van der Waals surface area contributed by atoms with Crippen LogP contribution in [0.5, 0.6) is 5.88 Å². The standard InChI is InChI=1S/C29H35N5O5S/c1-18-8-5-9-19(2)27(18)23-15-26(39-25-17-30-16-24-22(25)12-7-13-34(24)3)32-29(31-23)33-40(36,37)21-11-6-10-20(14-21)28(35)38-4/h5-6,8-11,14-15,22,24-25,30H,7,12-13,16-17H2,1-4H3,(H,31,32,33). The Bertz CT molecular complexity index is 1490. The molecule has 40 heavy (non-hydrogen) atoms. The first-order valence-corrected chi connectivity index (χ1v) is 14.9. The second-order valence-electron chi connectivity index (χ2n) is 10.5. The molecular formula is C29H35N5O5S. The maximum Gasteiger partial charge on any atom is 0.337 e. The molecule has 1 aromatic heterocycles. The fourth-order valence-corrected chi connectivity index (χ4v) is 6.77. The lowest BCUT2D eigenvalue weighted by Gasteiger charge is -2.46. The van der Waals surface area contributed by atoms with Gasteiger partial charge in [-0.25, -0.2) is 22.9 Å². The minimum absolute atomic E-state index is 0.108. The molecule has 3 heterocycles. The highest BCUT2D eigenvalue weighted by atomic mass is 32.2. The van der Waals surface area contributed by atoms with Gasteiger partial charge in [-0.1, -0.05) is 24.3 Å². The van der Waals surface area contributed by atoms with E-state index in [1.165, 1.54) is 31.4 Å². The number of anilines is 1. The number of nitrogens with zero attached hydrogens (tertiary/aromatic N) is 3. The van der Waals surface area contributed by atoms with Gasteiger partial charge >= 0.3 is 5.97 Å². The van der Waals surface area contributed by atoms with Crippen LogP contribution in [0, 0.1) is 19.8 Å². The summed E-state index contributed by atoms with van der Waals surface area (Å²) in [6.45, 7) is 6.62. The molecule has 2 aromatic carbocycles. The van der Waals surface area contributed by atoms with Gasteiger partial charge in [-0.2, -0.15) is 4.98 Å². The second kappa shape index (κ2) is 11.5. The van der Waals surface area contributed by atoms with Crippen LogP contribution in [0.2, 0.25) is 0 Å². The van der Waals surface area contributed by atoms with E-state index in [0.717, 1.165) is 42.6 Å². The fraction of sp³-hybridized carbons (Fsp3) is 0.414. The van der Waals surface area contributed by atoms with Gasteiger partial charge < -0.3 is 19.7 Å². The molecule has 2 aliphatic rings. The summed E-state index contributed by atoms with van der Waals surface area (Å²) in [5.41, 5.74) is 3.56. The van der Waals surface area contributed by atoms with Gasteiger partial charge in [0.1, 0.15) is 6.10 Å². The molecule has 3 aromatic rings. The number of esters is 1. The summed E-state index contributed by atoms with van der Waals surface area (Å²) >= 11 is 0. The summed E-state index contributed by atoms with van der Waals surface area (Å²) in [4.78, 5) is 23.3. The number of sulfonamides is 1. The van der Waals surface area contributed by atoms with Crippen LogP contribution in [-0.2, 0) is 14.8 Å². The van der Waals surface area contributed by atoms with Crippen LogP contribution >= 0.6 is 0 Å². The van der Waals surface area contributed by atoms with Gasteiger partial charge in [-0.05, 0) is 69.6 Å². The number of nitrogens with one attached hydrogen (secondary N) is 2. The zero-order valence-electron chi connectivity index (χ0n) is 23.2. The van der Waals surface area contributed by atoms with Crippen LogP contribution in [0.1, 0.15) is 34.3 Å². The van der Waals surface area contributed by atoms with Gasteiger partial charge in [0.25, 0.3) is 10.0 Å². The number of likely N-dealkylation sites (N-methyl/N-ethyl adjacent to an activating group) is 1. The smallest absolute Gasteiger partial charge is 0.337 e.